The SMILES string of the molecule is COc1cc(CNc2c(C)cc(C)cc2C)cc(OC)c1OC. The summed E-state index contributed by atoms with van der Waals surface area (Å²) in [5, 5.41) is 3.51. The van der Waals surface area contributed by atoms with Gasteiger partial charge in [0, 0.05) is 12.2 Å². The van der Waals surface area contributed by atoms with E-state index in [1.807, 2.05) is 12.1 Å². The maximum Gasteiger partial charge on any atom is 0.203 e. The average Bonchev–Trinajstić information content (AvgIpc) is 2.52. The van der Waals surface area contributed by atoms with Crippen LogP contribution in [-0.4, -0.2) is 21.3 Å². The molecule has 1 N–H and O–H groups in total. The molecule has 0 atom stereocenters. The fourth-order valence-electron chi connectivity index (χ4n) is 2.89. The number of hydrogen-bond acceptors (Lipinski definition) is 4. The van der Waals surface area contributed by atoms with Crippen LogP contribution in [0.15, 0.2) is 24.3 Å². The zero-order valence-electron chi connectivity index (χ0n) is 14.7. The van der Waals surface area contributed by atoms with Gasteiger partial charge in [0.15, 0.2) is 11.5 Å². The van der Waals surface area contributed by atoms with Crippen molar-refractivity contribution in [3.8, 4) is 17.2 Å². The highest BCUT2D eigenvalue weighted by molar-refractivity contribution is 5.59. The van der Waals surface area contributed by atoms with Gasteiger partial charge in [-0.1, -0.05) is 17.7 Å². The largest absolute Gasteiger partial charge is 0.493 e. The van der Waals surface area contributed by atoms with Crippen molar-refractivity contribution in [2.24, 2.45) is 0 Å². The smallest absolute Gasteiger partial charge is 0.203 e. The molecule has 0 aliphatic heterocycles. The van der Waals surface area contributed by atoms with Gasteiger partial charge in [0.2, 0.25) is 5.75 Å². The first-order valence-electron chi connectivity index (χ1n) is 7.60. The van der Waals surface area contributed by atoms with Crippen molar-refractivity contribution in [2.45, 2.75) is 27.3 Å². The van der Waals surface area contributed by atoms with Crippen LogP contribution in [0.25, 0.3) is 0 Å². The molecular formula is C19H25NO3. The highest BCUT2D eigenvalue weighted by Gasteiger charge is 2.13. The van der Waals surface area contributed by atoms with E-state index in [1.165, 1.54) is 22.4 Å². The fourth-order valence-corrected chi connectivity index (χ4v) is 2.89. The Morgan fingerprint density at radius 1 is 0.783 bits per heavy atom. The van der Waals surface area contributed by atoms with Crippen LogP contribution in [0.1, 0.15) is 22.3 Å². The first-order chi connectivity index (χ1) is 11.0. The highest BCUT2D eigenvalue weighted by atomic mass is 16.5. The maximum atomic E-state index is 5.40. The molecule has 2 rings (SSSR count). The molecule has 0 bridgehead atoms. The van der Waals surface area contributed by atoms with Crippen LogP contribution in [0.3, 0.4) is 0 Å². The average molecular weight is 315 g/mol. The molecule has 0 radical (unpaired) electrons. The van der Waals surface area contributed by atoms with Gasteiger partial charge in [-0.3, -0.25) is 0 Å². The fraction of sp³-hybridized carbons (Fsp3) is 0.368. The highest BCUT2D eigenvalue weighted by Crippen LogP contribution is 2.38. The number of aryl methyl sites for hydroxylation is 3. The Balaban J connectivity index is 2.28. The third-order valence-electron chi connectivity index (χ3n) is 3.87. The molecular weight excluding hydrogens is 290 g/mol. The Morgan fingerprint density at radius 2 is 1.30 bits per heavy atom. The quantitative estimate of drug-likeness (QED) is 0.865. The van der Waals surface area contributed by atoms with Crippen LogP contribution in [0.4, 0.5) is 5.69 Å². The molecule has 0 fully saturated rings. The molecule has 4 nitrogen and oxygen atoms in total. The molecule has 0 aliphatic rings. The molecule has 124 valence electrons. The maximum absolute atomic E-state index is 5.40. The Bertz CT molecular complexity index is 647. The first-order valence-corrected chi connectivity index (χ1v) is 7.60. The number of benzene rings is 2. The summed E-state index contributed by atoms with van der Waals surface area (Å²) >= 11 is 0. The lowest BCUT2D eigenvalue weighted by Gasteiger charge is -2.17. The van der Waals surface area contributed by atoms with Gasteiger partial charge in [-0.15, -0.1) is 0 Å². The summed E-state index contributed by atoms with van der Waals surface area (Å²) in [6.07, 6.45) is 0. The number of anilines is 1. The number of ether oxygens (including phenoxy) is 3. The van der Waals surface area contributed by atoms with E-state index in [9.17, 15) is 0 Å². The second-order valence-corrected chi connectivity index (χ2v) is 5.66. The lowest BCUT2D eigenvalue weighted by Crippen LogP contribution is -2.05. The van der Waals surface area contributed by atoms with Crippen LogP contribution in [0.2, 0.25) is 0 Å². The number of rotatable bonds is 6. The molecule has 0 aromatic heterocycles. The second-order valence-electron chi connectivity index (χ2n) is 5.66. The van der Waals surface area contributed by atoms with Crippen molar-refractivity contribution >= 4 is 5.69 Å². The molecule has 0 spiro atoms. The van der Waals surface area contributed by atoms with E-state index in [-0.39, 0.29) is 0 Å². The third-order valence-corrected chi connectivity index (χ3v) is 3.87. The van der Waals surface area contributed by atoms with Crippen molar-refractivity contribution < 1.29 is 14.2 Å². The summed E-state index contributed by atoms with van der Waals surface area (Å²) < 4.78 is 16.2. The topological polar surface area (TPSA) is 39.7 Å². The summed E-state index contributed by atoms with van der Waals surface area (Å²) in [6.45, 7) is 7.04. The molecule has 0 unspecified atom stereocenters. The Labute approximate surface area is 138 Å². The lowest BCUT2D eigenvalue weighted by molar-refractivity contribution is 0.324. The molecule has 2 aromatic carbocycles. The standard InChI is InChI=1S/C19H25NO3/c1-12-7-13(2)18(14(3)8-12)20-11-15-9-16(21-4)19(23-6)17(10-15)22-5/h7-10,20H,11H2,1-6H3. The van der Waals surface area contributed by atoms with Crippen LogP contribution in [-0.2, 0) is 6.54 Å². The van der Waals surface area contributed by atoms with Crippen molar-refractivity contribution in [1.29, 1.82) is 0 Å². The third kappa shape index (κ3) is 3.70. The minimum absolute atomic E-state index is 0.612. The number of hydrogen-bond donors (Lipinski definition) is 1. The Hall–Kier alpha value is -2.36. The molecule has 23 heavy (non-hydrogen) atoms. The molecule has 4 heteroatoms. The Kier molecular flexibility index (Phi) is 5.37. The second kappa shape index (κ2) is 7.27. The monoisotopic (exact) mass is 315 g/mol. The van der Waals surface area contributed by atoms with Gasteiger partial charge in [-0.05, 0) is 49.6 Å². The van der Waals surface area contributed by atoms with Crippen molar-refractivity contribution in [3.63, 3.8) is 0 Å². The molecule has 0 saturated carbocycles. The minimum atomic E-state index is 0.612. The molecule has 0 aliphatic carbocycles. The van der Waals surface area contributed by atoms with E-state index >= 15 is 0 Å². The Morgan fingerprint density at radius 3 is 1.74 bits per heavy atom. The molecule has 0 amide bonds. The zero-order valence-corrected chi connectivity index (χ0v) is 14.7. The zero-order chi connectivity index (χ0) is 17.0. The lowest BCUT2D eigenvalue weighted by atomic mass is 10.0. The van der Waals surface area contributed by atoms with Crippen LogP contribution in [0.5, 0.6) is 17.2 Å². The van der Waals surface area contributed by atoms with E-state index in [4.69, 9.17) is 14.2 Å². The van der Waals surface area contributed by atoms with Gasteiger partial charge in [0.05, 0.1) is 21.3 Å². The van der Waals surface area contributed by atoms with Crippen molar-refractivity contribution in [1.82, 2.24) is 0 Å². The first kappa shape index (κ1) is 17.0. The summed E-state index contributed by atoms with van der Waals surface area (Å²) in [7, 11) is 4.86. The molecule has 0 saturated heterocycles. The van der Waals surface area contributed by atoms with Gasteiger partial charge in [-0.2, -0.15) is 0 Å². The van der Waals surface area contributed by atoms with Gasteiger partial charge in [-0.25, -0.2) is 0 Å². The van der Waals surface area contributed by atoms with Gasteiger partial charge in [0.1, 0.15) is 0 Å². The van der Waals surface area contributed by atoms with Crippen molar-refractivity contribution in [3.05, 3.63) is 46.5 Å². The molecule has 0 heterocycles. The van der Waals surface area contributed by atoms with Gasteiger partial charge < -0.3 is 19.5 Å². The van der Waals surface area contributed by atoms with Gasteiger partial charge >= 0.3 is 0 Å². The van der Waals surface area contributed by atoms with Crippen molar-refractivity contribution in [2.75, 3.05) is 26.6 Å². The number of nitrogens with one attached hydrogen (secondary N) is 1. The predicted octanol–water partition coefficient (Wildman–Crippen LogP) is 4.25. The van der Waals surface area contributed by atoms with Crippen LogP contribution in [0, 0.1) is 20.8 Å². The summed E-state index contributed by atoms with van der Waals surface area (Å²) in [6, 6.07) is 8.30. The summed E-state index contributed by atoms with van der Waals surface area (Å²) in [5.41, 5.74) is 6.01. The minimum Gasteiger partial charge on any atom is -0.493 e. The van der Waals surface area contributed by atoms with E-state index < -0.39 is 0 Å². The van der Waals surface area contributed by atoms with E-state index in [2.05, 4.69) is 38.2 Å². The van der Waals surface area contributed by atoms with E-state index in [1.54, 1.807) is 21.3 Å². The van der Waals surface area contributed by atoms with E-state index in [0.717, 1.165) is 5.56 Å². The summed E-state index contributed by atoms with van der Waals surface area (Å²) in [5.74, 6) is 1.95. The summed E-state index contributed by atoms with van der Waals surface area (Å²) in [4.78, 5) is 0. The predicted molar refractivity (Wildman–Crippen MR) is 94.1 cm³/mol. The van der Waals surface area contributed by atoms with Gasteiger partial charge in [0.25, 0.3) is 0 Å². The van der Waals surface area contributed by atoms with Crippen LogP contribution >= 0.6 is 0 Å². The molecule has 2 aromatic rings. The normalized spacial score (nSPS) is 10.3. The van der Waals surface area contributed by atoms with Crippen LogP contribution < -0.4 is 19.5 Å². The van der Waals surface area contributed by atoms with E-state index in [0.29, 0.717) is 23.8 Å². The number of methoxy groups -OCH3 is 3.